The highest BCUT2D eigenvalue weighted by Crippen LogP contribution is 2.16. The fourth-order valence-corrected chi connectivity index (χ4v) is 1.84. The Kier molecular flexibility index (Phi) is 8.33. The summed E-state index contributed by atoms with van der Waals surface area (Å²) < 4.78 is 0. The van der Waals surface area contributed by atoms with Crippen molar-refractivity contribution in [2.24, 2.45) is 11.8 Å². The molecule has 0 bridgehead atoms. The van der Waals surface area contributed by atoms with Crippen molar-refractivity contribution in [1.82, 2.24) is 0 Å². The fraction of sp³-hybridized carbons (Fsp3) is 0.750. The topological polar surface area (TPSA) is 0 Å². The third kappa shape index (κ3) is 7.73. The summed E-state index contributed by atoms with van der Waals surface area (Å²) in [6.45, 7) is 13.6. The van der Waals surface area contributed by atoms with Crippen LogP contribution in [0.25, 0.3) is 0 Å². The highest BCUT2D eigenvalue weighted by Gasteiger charge is 1.99. The first kappa shape index (κ1) is 15.5. The summed E-state index contributed by atoms with van der Waals surface area (Å²) in [4.78, 5) is 0. The second-order valence-electron chi connectivity index (χ2n) is 5.55. The van der Waals surface area contributed by atoms with Crippen molar-refractivity contribution in [3.05, 3.63) is 23.3 Å². The van der Waals surface area contributed by atoms with Gasteiger partial charge in [-0.3, -0.25) is 0 Å². The maximum absolute atomic E-state index is 2.33. The maximum Gasteiger partial charge on any atom is -0.0257 e. The van der Waals surface area contributed by atoms with E-state index in [1.807, 2.05) is 0 Å². The zero-order chi connectivity index (χ0) is 12.6. The molecule has 0 saturated carbocycles. The molecular formula is C16H30. The van der Waals surface area contributed by atoms with Crippen LogP contribution in [0.1, 0.15) is 67.2 Å². The minimum absolute atomic E-state index is 0.685. The molecule has 0 N–H and O–H groups in total. The van der Waals surface area contributed by atoms with Gasteiger partial charge >= 0.3 is 0 Å². The monoisotopic (exact) mass is 222 g/mol. The summed E-state index contributed by atoms with van der Waals surface area (Å²) in [7, 11) is 0. The molecule has 0 nitrogen and oxygen atoms in total. The quantitative estimate of drug-likeness (QED) is 0.481. The lowest BCUT2D eigenvalue weighted by molar-refractivity contribution is 0.555. The number of rotatable bonds is 7. The number of allylic oxidation sites excluding steroid dienone is 4. The Morgan fingerprint density at radius 2 is 1.69 bits per heavy atom. The number of hydrogen-bond donors (Lipinski definition) is 0. The molecule has 0 amide bonds. The van der Waals surface area contributed by atoms with Crippen LogP contribution < -0.4 is 0 Å². The highest BCUT2D eigenvalue weighted by atomic mass is 14.0. The van der Waals surface area contributed by atoms with Crippen LogP contribution in [-0.2, 0) is 0 Å². The highest BCUT2D eigenvalue weighted by molar-refractivity contribution is 5.17. The Balaban J connectivity index is 4.11. The minimum Gasteiger partial charge on any atom is -0.0733 e. The van der Waals surface area contributed by atoms with Gasteiger partial charge < -0.3 is 0 Å². The minimum atomic E-state index is 0.685. The third-order valence-corrected chi connectivity index (χ3v) is 3.08. The van der Waals surface area contributed by atoms with Crippen molar-refractivity contribution in [1.29, 1.82) is 0 Å². The van der Waals surface area contributed by atoms with Gasteiger partial charge in [-0.1, -0.05) is 64.3 Å². The Labute approximate surface area is 103 Å². The molecule has 0 aliphatic carbocycles. The van der Waals surface area contributed by atoms with Gasteiger partial charge in [-0.25, -0.2) is 0 Å². The van der Waals surface area contributed by atoms with E-state index in [9.17, 15) is 0 Å². The molecular weight excluding hydrogens is 192 g/mol. The maximum atomic E-state index is 2.33. The Hall–Kier alpha value is -0.520. The lowest BCUT2D eigenvalue weighted by Gasteiger charge is -2.08. The molecule has 0 radical (unpaired) electrons. The van der Waals surface area contributed by atoms with E-state index in [-0.39, 0.29) is 0 Å². The van der Waals surface area contributed by atoms with Crippen LogP contribution in [0.4, 0.5) is 0 Å². The normalized spacial score (nSPS) is 14.0. The van der Waals surface area contributed by atoms with E-state index in [2.05, 4.69) is 53.7 Å². The zero-order valence-electron chi connectivity index (χ0n) is 12.1. The van der Waals surface area contributed by atoms with Crippen molar-refractivity contribution >= 4 is 0 Å². The molecule has 0 aliphatic heterocycles. The van der Waals surface area contributed by atoms with E-state index < -0.39 is 0 Å². The Bertz CT molecular complexity index is 228. The molecule has 94 valence electrons. The predicted molar refractivity (Wildman–Crippen MR) is 75.7 cm³/mol. The third-order valence-electron chi connectivity index (χ3n) is 3.08. The van der Waals surface area contributed by atoms with E-state index in [0.717, 1.165) is 5.92 Å². The van der Waals surface area contributed by atoms with Crippen molar-refractivity contribution < 1.29 is 0 Å². The van der Waals surface area contributed by atoms with Gasteiger partial charge in [0.2, 0.25) is 0 Å². The van der Waals surface area contributed by atoms with E-state index >= 15 is 0 Å². The first-order valence-corrected chi connectivity index (χ1v) is 6.83. The molecule has 0 aromatic carbocycles. The van der Waals surface area contributed by atoms with Gasteiger partial charge in [0.05, 0.1) is 0 Å². The summed E-state index contributed by atoms with van der Waals surface area (Å²) in [6, 6.07) is 0. The summed E-state index contributed by atoms with van der Waals surface area (Å²) in [5.41, 5.74) is 3.08. The molecule has 0 saturated heterocycles. The van der Waals surface area contributed by atoms with Crippen LogP contribution in [0.2, 0.25) is 0 Å². The van der Waals surface area contributed by atoms with Gasteiger partial charge in [0.15, 0.2) is 0 Å². The molecule has 0 heterocycles. The molecule has 0 heteroatoms. The largest absolute Gasteiger partial charge is 0.0733 e. The van der Waals surface area contributed by atoms with E-state index in [1.165, 1.54) is 31.3 Å². The molecule has 16 heavy (non-hydrogen) atoms. The van der Waals surface area contributed by atoms with E-state index in [4.69, 9.17) is 0 Å². The SMILES string of the molecule is CC/C(=C\C=C(/C)CCCC(C)C)C(C)C. The summed E-state index contributed by atoms with van der Waals surface area (Å²) in [5.74, 6) is 1.52. The average Bonchev–Trinajstić information content (AvgIpc) is 2.17. The second kappa shape index (κ2) is 8.61. The van der Waals surface area contributed by atoms with Crippen LogP contribution >= 0.6 is 0 Å². The smallest absolute Gasteiger partial charge is 0.0257 e. The van der Waals surface area contributed by atoms with Crippen LogP contribution in [0.5, 0.6) is 0 Å². The zero-order valence-corrected chi connectivity index (χ0v) is 12.1. The first-order chi connectivity index (χ1) is 7.47. The molecule has 0 unspecified atom stereocenters. The molecule has 0 aromatic heterocycles. The lowest BCUT2D eigenvalue weighted by atomic mass is 9.99. The molecule has 0 aliphatic rings. The molecule has 0 atom stereocenters. The summed E-state index contributed by atoms with van der Waals surface area (Å²) in [5, 5.41) is 0. The molecule has 0 fully saturated rings. The fourth-order valence-electron chi connectivity index (χ4n) is 1.84. The van der Waals surface area contributed by atoms with Crippen molar-refractivity contribution in [3.63, 3.8) is 0 Å². The Morgan fingerprint density at radius 3 is 2.12 bits per heavy atom. The molecule has 0 spiro atoms. The van der Waals surface area contributed by atoms with E-state index in [1.54, 1.807) is 5.57 Å². The number of hydrogen-bond acceptors (Lipinski definition) is 0. The van der Waals surface area contributed by atoms with Gasteiger partial charge in [-0.2, -0.15) is 0 Å². The van der Waals surface area contributed by atoms with Crippen molar-refractivity contribution in [2.45, 2.75) is 67.2 Å². The molecule has 0 aromatic rings. The van der Waals surface area contributed by atoms with Gasteiger partial charge in [-0.15, -0.1) is 0 Å². The standard InChI is InChI=1S/C16H30/c1-7-16(14(4)5)12-11-15(6)10-8-9-13(2)3/h11-14H,7-10H2,1-6H3/b15-11+,16-12+. The first-order valence-electron chi connectivity index (χ1n) is 6.83. The summed E-state index contributed by atoms with van der Waals surface area (Å²) in [6.07, 6.45) is 9.75. The van der Waals surface area contributed by atoms with Gasteiger partial charge in [0.25, 0.3) is 0 Å². The van der Waals surface area contributed by atoms with Gasteiger partial charge in [-0.05, 0) is 38.0 Å². The second-order valence-corrected chi connectivity index (χ2v) is 5.55. The Morgan fingerprint density at radius 1 is 1.06 bits per heavy atom. The van der Waals surface area contributed by atoms with Gasteiger partial charge in [0.1, 0.15) is 0 Å². The van der Waals surface area contributed by atoms with Gasteiger partial charge in [0, 0.05) is 0 Å². The van der Waals surface area contributed by atoms with Crippen LogP contribution in [-0.4, -0.2) is 0 Å². The van der Waals surface area contributed by atoms with E-state index in [0.29, 0.717) is 5.92 Å². The lowest BCUT2D eigenvalue weighted by Crippen LogP contribution is -1.91. The summed E-state index contributed by atoms with van der Waals surface area (Å²) >= 11 is 0. The van der Waals surface area contributed by atoms with Crippen LogP contribution in [0.15, 0.2) is 23.3 Å². The van der Waals surface area contributed by atoms with Crippen LogP contribution in [0.3, 0.4) is 0 Å². The predicted octanol–water partition coefficient (Wildman–Crippen LogP) is 5.75. The van der Waals surface area contributed by atoms with Crippen molar-refractivity contribution in [2.75, 3.05) is 0 Å². The molecule has 0 rings (SSSR count). The average molecular weight is 222 g/mol. The van der Waals surface area contributed by atoms with Crippen molar-refractivity contribution in [3.8, 4) is 0 Å². The van der Waals surface area contributed by atoms with Crippen LogP contribution in [0, 0.1) is 11.8 Å².